The van der Waals surface area contributed by atoms with Crippen LogP contribution >= 0.6 is 0 Å². The molecule has 0 aliphatic heterocycles. The summed E-state index contributed by atoms with van der Waals surface area (Å²) in [5, 5.41) is 9.25. The van der Waals surface area contributed by atoms with Gasteiger partial charge in [-0.2, -0.15) is 18.3 Å². The predicted molar refractivity (Wildman–Crippen MR) is 93.7 cm³/mol. The number of nitrogens with one attached hydrogen (secondary N) is 2. The van der Waals surface area contributed by atoms with Crippen LogP contribution in [0, 0.1) is 0 Å². The first-order chi connectivity index (χ1) is 12.8. The minimum atomic E-state index is -4.47. The van der Waals surface area contributed by atoms with E-state index in [1.807, 2.05) is 12.1 Å². The number of hydrogen-bond donors (Lipinski definition) is 2. The summed E-state index contributed by atoms with van der Waals surface area (Å²) in [5.41, 5.74) is 1.35. The number of benzene rings is 1. The lowest BCUT2D eigenvalue weighted by Crippen LogP contribution is -2.28. The van der Waals surface area contributed by atoms with Crippen LogP contribution in [0.1, 0.15) is 11.3 Å². The van der Waals surface area contributed by atoms with Crippen LogP contribution < -0.4 is 10.6 Å². The Morgan fingerprint density at radius 3 is 2.67 bits per heavy atom. The molecule has 2 amide bonds. The number of pyridine rings is 1. The predicted octanol–water partition coefficient (Wildman–Crippen LogP) is 3.82. The molecule has 0 atom stereocenters. The zero-order valence-corrected chi connectivity index (χ0v) is 14.3. The number of aromatic nitrogens is 3. The van der Waals surface area contributed by atoms with Crippen LogP contribution in [0.3, 0.4) is 0 Å². The summed E-state index contributed by atoms with van der Waals surface area (Å²) in [6.45, 7) is 0.117. The van der Waals surface area contributed by atoms with Gasteiger partial charge in [0.15, 0.2) is 0 Å². The summed E-state index contributed by atoms with van der Waals surface area (Å²) in [7, 11) is 1.76. The molecule has 0 spiro atoms. The molecule has 1 aromatic carbocycles. The fourth-order valence-electron chi connectivity index (χ4n) is 2.49. The quantitative estimate of drug-likeness (QED) is 0.728. The summed E-state index contributed by atoms with van der Waals surface area (Å²) >= 11 is 0. The molecule has 6 nitrogen and oxygen atoms in total. The topological polar surface area (TPSA) is 71.8 Å². The maximum absolute atomic E-state index is 12.7. The number of anilines is 1. The Hall–Kier alpha value is -3.36. The van der Waals surface area contributed by atoms with Gasteiger partial charge < -0.3 is 10.6 Å². The number of halogens is 3. The van der Waals surface area contributed by atoms with Gasteiger partial charge >= 0.3 is 12.2 Å². The zero-order valence-electron chi connectivity index (χ0n) is 14.3. The number of rotatable bonds is 4. The van der Waals surface area contributed by atoms with Crippen molar-refractivity contribution in [2.24, 2.45) is 7.05 Å². The third kappa shape index (κ3) is 4.63. The van der Waals surface area contributed by atoms with Gasteiger partial charge in [0.1, 0.15) is 0 Å². The van der Waals surface area contributed by atoms with Crippen molar-refractivity contribution in [1.82, 2.24) is 20.1 Å². The van der Waals surface area contributed by atoms with Crippen molar-refractivity contribution < 1.29 is 18.0 Å². The second kappa shape index (κ2) is 7.48. The number of carbonyl (C=O) groups excluding carboxylic acids is 1. The van der Waals surface area contributed by atoms with Crippen LogP contribution in [0.25, 0.3) is 11.4 Å². The van der Waals surface area contributed by atoms with E-state index in [0.29, 0.717) is 5.69 Å². The van der Waals surface area contributed by atoms with E-state index in [9.17, 15) is 18.0 Å². The maximum Gasteiger partial charge on any atom is 0.416 e. The van der Waals surface area contributed by atoms with E-state index >= 15 is 0 Å². The highest BCUT2D eigenvalue weighted by atomic mass is 19.4. The molecular formula is C18H16F3N5O. The highest BCUT2D eigenvalue weighted by Gasteiger charge is 2.30. The number of alkyl halides is 3. The van der Waals surface area contributed by atoms with Crippen molar-refractivity contribution in [3.63, 3.8) is 0 Å². The van der Waals surface area contributed by atoms with Gasteiger partial charge in [0.2, 0.25) is 0 Å². The van der Waals surface area contributed by atoms with Crippen molar-refractivity contribution in [1.29, 1.82) is 0 Å². The van der Waals surface area contributed by atoms with Gasteiger partial charge in [0.25, 0.3) is 0 Å². The van der Waals surface area contributed by atoms with E-state index in [0.717, 1.165) is 23.5 Å². The Balaban J connectivity index is 1.62. The van der Waals surface area contributed by atoms with E-state index < -0.39 is 17.8 Å². The zero-order chi connectivity index (χ0) is 19.4. The monoisotopic (exact) mass is 375 g/mol. The molecule has 2 aromatic heterocycles. The molecule has 3 rings (SSSR count). The molecule has 0 radical (unpaired) electrons. The number of amides is 2. The van der Waals surface area contributed by atoms with Gasteiger partial charge in [-0.3, -0.25) is 9.67 Å². The third-order valence-corrected chi connectivity index (χ3v) is 3.74. The number of aryl methyl sites for hydroxylation is 1. The average Bonchev–Trinajstić information content (AvgIpc) is 3.01. The molecule has 0 bridgehead atoms. The summed E-state index contributed by atoms with van der Waals surface area (Å²) in [6, 6.07) is 11.1. The van der Waals surface area contributed by atoms with E-state index in [2.05, 4.69) is 20.7 Å². The fourth-order valence-corrected chi connectivity index (χ4v) is 2.49. The fraction of sp³-hybridized carbons (Fsp3) is 0.167. The van der Waals surface area contributed by atoms with E-state index in [-0.39, 0.29) is 12.2 Å². The lowest BCUT2D eigenvalue weighted by atomic mass is 10.2. The SMILES string of the molecule is Cn1nc(CNC(=O)Nc2cccc(C(F)(F)F)c2)cc1-c1ccccn1. The van der Waals surface area contributed by atoms with E-state index in [4.69, 9.17) is 0 Å². The Morgan fingerprint density at radius 2 is 1.96 bits per heavy atom. The van der Waals surface area contributed by atoms with Crippen molar-refractivity contribution >= 4 is 11.7 Å². The third-order valence-electron chi connectivity index (χ3n) is 3.74. The molecule has 0 saturated heterocycles. The maximum atomic E-state index is 12.7. The molecule has 27 heavy (non-hydrogen) atoms. The smallest absolute Gasteiger partial charge is 0.332 e. The molecule has 3 aromatic rings. The molecule has 0 unspecified atom stereocenters. The summed E-state index contributed by atoms with van der Waals surface area (Å²) < 4.78 is 39.8. The minimum absolute atomic E-state index is 0.0533. The van der Waals surface area contributed by atoms with Gasteiger partial charge in [0, 0.05) is 18.9 Å². The first-order valence-electron chi connectivity index (χ1n) is 7.99. The molecule has 2 heterocycles. The molecule has 0 fully saturated rings. The van der Waals surface area contributed by atoms with Gasteiger partial charge in [-0.25, -0.2) is 4.79 Å². The minimum Gasteiger partial charge on any atom is -0.332 e. The average molecular weight is 375 g/mol. The van der Waals surface area contributed by atoms with Crippen LogP contribution in [-0.2, 0) is 19.8 Å². The van der Waals surface area contributed by atoms with Crippen LogP contribution in [-0.4, -0.2) is 20.8 Å². The highest BCUT2D eigenvalue weighted by Crippen LogP contribution is 2.30. The Kier molecular flexibility index (Phi) is 5.11. The Bertz CT molecular complexity index is 938. The Morgan fingerprint density at radius 1 is 1.15 bits per heavy atom. The number of nitrogens with zero attached hydrogens (tertiary/aromatic N) is 3. The van der Waals surface area contributed by atoms with Gasteiger partial charge in [-0.15, -0.1) is 0 Å². The number of carbonyl (C=O) groups is 1. The molecule has 9 heteroatoms. The van der Waals surface area contributed by atoms with Crippen LogP contribution in [0.2, 0.25) is 0 Å². The van der Waals surface area contributed by atoms with Crippen LogP contribution in [0.4, 0.5) is 23.7 Å². The van der Waals surface area contributed by atoms with Crippen molar-refractivity contribution in [2.45, 2.75) is 12.7 Å². The van der Waals surface area contributed by atoms with E-state index in [1.165, 1.54) is 12.1 Å². The Labute approximate surface area is 153 Å². The van der Waals surface area contributed by atoms with Crippen LogP contribution in [0.5, 0.6) is 0 Å². The van der Waals surface area contributed by atoms with Crippen LogP contribution in [0.15, 0.2) is 54.7 Å². The first kappa shape index (κ1) is 18.4. The summed E-state index contributed by atoms with van der Waals surface area (Å²) in [5.74, 6) is 0. The number of hydrogen-bond acceptors (Lipinski definition) is 3. The molecule has 0 aliphatic rings. The van der Waals surface area contributed by atoms with Gasteiger partial charge in [-0.05, 0) is 36.4 Å². The second-order valence-corrected chi connectivity index (χ2v) is 5.75. The van der Waals surface area contributed by atoms with Crippen molar-refractivity contribution in [2.75, 3.05) is 5.32 Å². The summed E-state index contributed by atoms with van der Waals surface area (Å²) in [4.78, 5) is 16.2. The molecule has 2 N–H and O–H groups in total. The number of urea groups is 1. The summed E-state index contributed by atoms with van der Waals surface area (Å²) in [6.07, 6.45) is -2.80. The normalized spacial score (nSPS) is 11.3. The van der Waals surface area contributed by atoms with Gasteiger partial charge in [-0.1, -0.05) is 12.1 Å². The van der Waals surface area contributed by atoms with Crippen molar-refractivity contribution in [3.8, 4) is 11.4 Å². The lowest BCUT2D eigenvalue weighted by Gasteiger charge is -2.10. The van der Waals surface area contributed by atoms with Crippen molar-refractivity contribution in [3.05, 3.63) is 66.0 Å². The molecular weight excluding hydrogens is 359 g/mol. The lowest BCUT2D eigenvalue weighted by molar-refractivity contribution is -0.137. The molecule has 0 saturated carbocycles. The highest BCUT2D eigenvalue weighted by molar-refractivity contribution is 5.89. The molecule has 0 aliphatic carbocycles. The van der Waals surface area contributed by atoms with E-state index in [1.54, 1.807) is 30.1 Å². The molecule has 140 valence electrons. The second-order valence-electron chi connectivity index (χ2n) is 5.75. The van der Waals surface area contributed by atoms with Gasteiger partial charge in [0.05, 0.1) is 29.2 Å². The standard InChI is InChI=1S/C18H16F3N5O/c1-26-16(15-7-2-3-8-22-15)10-14(25-26)11-23-17(27)24-13-6-4-5-12(9-13)18(19,20)21/h2-10H,11H2,1H3,(H2,23,24,27). The largest absolute Gasteiger partial charge is 0.416 e. The first-order valence-corrected chi connectivity index (χ1v) is 7.99.